The van der Waals surface area contributed by atoms with Crippen LogP contribution in [0.5, 0.6) is 0 Å². The molecule has 1 aliphatic heterocycles. The molecule has 3 nitrogen and oxygen atoms in total. The third kappa shape index (κ3) is 2.72. The van der Waals surface area contributed by atoms with Crippen molar-refractivity contribution < 1.29 is 5.11 Å². The first-order valence-electron chi connectivity index (χ1n) is 7.53. The first-order valence-corrected chi connectivity index (χ1v) is 8.58. The van der Waals surface area contributed by atoms with Gasteiger partial charge in [0.1, 0.15) is 5.82 Å². The number of nitrogens with zero attached hydrogens (tertiary/aromatic N) is 2. The maximum atomic E-state index is 10.5. The van der Waals surface area contributed by atoms with Crippen molar-refractivity contribution >= 4 is 22.8 Å². The average Bonchev–Trinajstić information content (AvgIpc) is 2.85. The highest BCUT2D eigenvalue weighted by Crippen LogP contribution is 2.29. The van der Waals surface area contributed by atoms with Gasteiger partial charge < -0.3 is 9.67 Å². The molecule has 1 fully saturated rings. The molecule has 108 valence electrons. The van der Waals surface area contributed by atoms with Crippen LogP contribution in [0.2, 0.25) is 0 Å². The molecule has 2 atom stereocenters. The Bertz CT molecular complexity index is 575. The molecular formula is C16H22N2OS. The molecule has 0 saturated carbocycles. The number of benzene rings is 1. The molecule has 1 aromatic heterocycles. The Labute approximate surface area is 124 Å². The lowest BCUT2D eigenvalue weighted by atomic mass is 10.1. The van der Waals surface area contributed by atoms with E-state index in [1.165, 1.54) is 24.1 Å². The van der Waals surface area contributed by atoms with E-state index >= 15 is 0 Å². The molecule has 2 heterocycles. The van der Waals surface area contributed by atoms with E-state index in [9.17, 15) is 5.11 Å². The molecule has 20 heavy (non-hydrogen) atoms. The van der Waals surface area contributed by atoms with Gasteiger partial charge in [0.05, 0.1) is 17.1 Å². The van der Waals surface area contributed by atoms with E-state index in [4.69, 9.17) is 4.98 Å². The second-order valence-electron chi connectivity index (χ2n) is 5.44. The number of rotatable bonds is 4. The Hall–Kier alpha value is -1.00. The summed E-state index contributed by atoms with van der Waals surface area (Å²) in [5, 5.41) is 10.9. The molecular weight excluding hydrogens is 268 g/mol. The van der Waals surface area contributed by atoms with Crippen molar-refractivity contribution in [2.75, 3.05) is 5.75 Å². The van der Waals surface area contributed by atoms with Gasteiger partial charge in [-0.3, -0.25) is 0 Å². The maximum Gasteiger partial charge on any atom is 0.112 e. The predicted octanol–water partition coefficient (Wildman–Crippen LogP) is 3.25. The smallest absolute Gasteiger partial charge is 0.112 e. The molecule has 0 aliphatic carbocycles. The minimum absolute atomic E-state index is 0.276. The monoisotopic (exact) mass is 290 g/mol. The first-order chi connectivity index (χ1) is 9.79. The Balaban J connectivity index is 1.82. The van der Waals surface area contributed by atoms with Crippen molar-refractivity contribution in [3.05, 3.63) is 30.1 Å². The van der Waals surface area contributed by atoms with Crippen LogP contribution in [-0.2, 0) is 13.0 Å². The summed E-state index contributed by atoms with van der Waals surface area (Å²) in [5.41, 5.74) is 2.21. The standard InChI is InChI=1S/C16H22N2OS/c1-2-18-13-8-4-3-7-12(13)17-16(18)11-14(19)15-9-5-6-10-20-15/h3-4,7-8,14-15,19H,2,5-6,9-11H2,1H3. The highest BCUT2D eigenvalue weighted by Gasteiger charge is 2.24. The molecule has 1 aromatic carbocycles. The molecule has 2 unspecified atom stereocenters. The van der Waals surface area contributed by atoms with Crippen LogP contribution in [0.1, 0.15) is 32.0 Å². The molecule has 0 radical (unpaired) electrons. The summed E-state index contributed by atoms with van der Waals surface area (Å²) in [6.07, 6.45) is 4.07. The molecule has 0 spiro atoms. The molecule has 2 aromatic rings. The molecule has 1 aliphatic rings. The van der Waals surface area contributed by atoms with Crippen LogP contribution >= 0.6 is 11.8 Å². The summed E-state index contributed by atoms with van der Waals surface area (Å²) in [6.45, 7) is 3.04. The molecule has 4 heteroatoms. The van der Waals surface area contributed by atoms with Gasteiger partial charge >= 0.3 is 0 Å². The fraction of sp³-hybridized carbons (Fsp3) is 0.562. The van der Waals surface area contributed by atoms with Gasteiger partial charge in [-0.05, 0) is 37.7 Å². The summed E-state index contributed by atoms with van der Waals surface area (Å²) in [5.74, 6) is 2.21. The lowest BCUT2D eigenvalue weighted by Crippen LogP contribution is -2.29. The van der Waals surface area contributed by atoms with Crippen LogP contribution in [0.4, 0.5) is 0 Å². The van der Waals surface area contributed by atoms with E-state index in [2.05, 4.69) is 17.6 Å². The quantitative estimate of drug-likeness (QED) is 0.939. The Morgan fingerprint density at radius 3 is 3.00 bits per heavy atom. The van der Waals surface area contributed by atoms with Crippen molar-refractivity contribution in [3.63, 3.8) is 0 Å². The number of aryl methyl sites for hydroxylation is 1. The number of hydrogen-bond donors (Lipinski definition) is 1. The first kappa shape index (κ1) is 14.0. The minimum atomic E-state index is -0.276. The van der Waals surface area contributed by atoms with Crippen molar-refractivity contribution in [1.29, 1.82) is 0 Å². The third-order valence-corrected chi connectivity index (χ3v) is 5.59. The van der Waals surface area contributed by atoms with E-state index in [0.29, 0.717) is 11.7 Å². The number of imidazole rings is 1. The molecule has 3 rings (SSSR count). The number of thioether (sulfide) groups is 1. The average molecular weight is 290 g/mol. The Morgan fingerprint density at radius 1 is 1.40 bits per heavy atom. The minimum Gasteiger partial charge on any atom is -0.392 e. The van der Waals surface area contributed by atoms with Crippen LogP contribution in [0.3, 0.4) is 0 Å². The van der Waals surface area contributed by atoms with E-state index in [-0.39, 0.29) is 6.10 Å². The molecule has 1 N–H and O–H groups in total. The maximum absolute atomic E-state index is 10.5. The number of fused-ring (bicyclic) bond motifs is 1. The molecule has 1 saturated heterocycles. The van der Waals surface area contributed by atoms with Crippen molar-refractivity contribution in [2.45, 2.75) is 50.5 Å². The van der Waals surface area contributed by atoms with Gasteiger partial charge in [0.25, 0.3) is 0 Å². The van der Waals surface area contributed by atoms with Crippen LogP contribution in [0.25, 0.3) is 11.0 Å². The normalized spacial score (nSPS) is 21.2. The van der Waals surface area contributed by atoms with Crippen molar-refractivity contribution in [3.8, 4) is 0 Å². The second kappa shape index (κ2) is 6.19. The third-order valence-electron chi connectivity index (χ3n) is 4.09. The second-order valence-corrected chi connectivity index (χ2v) is 6.78. The van der Waals surface area contributed by atoms with Gasteiger partial charge in [0.2, 0.25) is 0 Å². The number of aliphatic hydroxyl groups is 1. The summed E-state index contributed by atoms with van der Waals surface area (Å²) in [6, 6.07) is 8.23. The molecule has 0 bridgehead atoms. The van der Waals surface area contributed by atoms with Crippen LogP contribution in [-0.4, -0.2) is 31.8 Å². The number of aliphatic hydroxyl groups excluding tert-OH is 1. The fourth-order valence-electron chi connectivity index (χ4n) is 3.02. The van der Waals surface area contributed by atoms with Gasteiger partial charge in [0, 0.05) is 18.2 Å². The Morgan fingerprint density at radius 2 is 2.25 bits per heavy atom. The number of hydrogen-bond acceptors (Lipinski definition) is 3. The largest absolute Gasteiger partial charge is 0.392 e. The van der Waals surface area contributed by atoms with E-state index in [0.717, 1.165) is 24.3 Å². The Kier molecular flexibility index (Phi) is 4.32. The van der Waals surface area contributed by atoms with Crippen LogP contribution in [0.15, 0.2) is 24.3 Å². The number of aromatic nitrogens is 2. The zero-order chi connectivity index (χ0) is 13.9. The summed E-state index contributed by atoms with van der Waals surface area (Å²) in [4.78, 5) is 4.71. The summed E-state index contributed by atoms with van der Waals surface area (Å²) >= 11 is 1.92. The summed E-state index contributed by atoms with van der Waals surface area (Å²) in [7, 11) is 0. The lowest BCUT2D eigenvalue weighted by Gasteiger charge is -2.26. The fourth-order valence-corrected chi connectivity index (χ4v) is 4.35. The highest BCUT2D eigenvalue weighted by atomic mass is 32.2. The van der Waals surface area contributed by atoms with Gasteiger partial charge in [0.15, 0.2) is 0 Å². The van der Waals surface area contributed by atoms with E-state index in [1.54, 1.807) is 0 Å². The predicted molar refractivity (Wildman–Crippen MR) is 85.2 cm³/mol. The summed E-state index contributed by atoms with van der Waals surface area (Å²) < 4.78 is 2.23. The van der Waals surface area contributed by atoms with Crippen LogP contribution < -0.4 is 0 Å². The van der Waals surface area contributed by atoms with Gasteiger partial charge in [-0.25, -0.2) is 4.98 Å². The van der Waals surface area contributed by atoms with E-state index in [1.807, 2.05) is 30.0 Å². The zero-order valence-electron chi connectivity index (χ0n) is 12.0. The van der Waals surface area contributed by atoms with Crippen LogP contribution in [0, 0.1) is 0 Å². The molecule has 0 amide bonds. The zero-order valence-corrected chi connectivity index (χ0v) is 12.8. The highest BCUT2D eigenvalue weighted by molar-refractivity contribution is 8.00. The number of para-hydroxylation sites is 2. The van der Waals surface area contributed by atoms with E-state index < -0.39 is 0 Å². The van der Waals surface area contributed by atoms with Gasteiger partial charge in [-0.2, -0.15) is 11.8 Å². The van der Waals surface area contributed by atoms with Crippen molar-refractivity contribution in [1.82, 2.24) is 9.55 Å². The topological polar surface area (TPSA) is 38.0 Å². The van der Waals surface area contributed by atoms with Crippen molar-refractivity contribution in [2.24, 2.45) is 0 Å². The lowest BCUT2D eigenvalue weighted by molar-refractivity contribution is 0.163. The van der Waals surface area contributed by atoms with Gasteiger partial charge in [-0.1, -0.05) is 18.6 Å². The SMILES string of the molecule is CCn1c(CC(O)C2CCCCS2)nc2ccccc21. The van der Waals surface area contributed by atoms with Gasteiger partial charge in [-0.15, -0.1) is 0 Å².